The van der Waals surface area contributed by atoms with Gasteiger partial charge in [-0.3, -0.25) is 4.79 Å². The molecule has 2 aromatic carbocycles. The Balaban J connectivity index is 2.09. The molecule has 0 aliphatic heterocycles. The molecule has 0 unspecified atom stereocenters. The molecule has 1 amide bonds. The highest BCUT2D eigenvalue weighted by Crippen LogP contribution is 2.27. The van der Waals surface area contributed by atoms with Gasteiger partial charge in [0.05, 0.1) is 0 Å². The maximum absolute atomic E-state index is 12.5. The highest BCUT2D eigenvalue weighted by molar-refractivity contribution is 6.30. The molecule has 0 atom stereocenters. The molecule has 0 bridgehead atoms. The Hall–Kier alpha value is -2.77. The van der Waals surface area contributed by atoms with Crippen LogP contribution in [0.3, 0.4) is 0 Å². The first-order valence-corrected chi connectivity index (χ1v) is 8.79. The van der Waals surface area contributed by atoms with E-state index in [4.69, 9.17) is 11.6 Å². The summed E-state index contributed by atoms with van der Waals surface area (Å²) in [6, 6.07) is 15.2. The monoisotopic (exact) mass is 367 g/mol. The molecule has 0 radical (unpaired) electrons. The van der Waals surface area contributed by atoms with Gasteiger partial charge in [-0.25, -0.2) is 0 Å². The summed E-state index contributed by atoms with van der Waals surface area (Å²) in [5, 5.41) is 15.9. The lowest BCUT2D eigenvalue weighted by Gasteiger charge is -2.16. The van der Waals surface area contributed by atoms with Gasteiger partial charge in [0.15, 0.2) is 0 Å². The van der Waals surface area contributed by atoms with E-state index in [-0.39, 0.29) is 11.5 Å². The summed E-state index contributed by atoms with van der Waals surface area (Å²) in [5.41, 5.74) is 3.81. The molecule has 0 fully saturated rings. The fourth-order valence-corrected chi connectivity index (χ4v) is 2.67. The van der Waals surface area contributed by atoms with E-state index in [0.717, 1.165) is 22.4 Å². The second-order valence-electron chi connectivity index (χ2n) is 6.33. The second kappa shape index (κ2) is 9.07. The van der Waals surface area contributed by atoms with Crippen LogP contribution in [-0.4, -0.2) is 5.91 Å². The summed E-state index contributed by atoms with van der Waals surface area (Å²) in [6.07, 6.45) is 1.44. The van der Waals surface area contributed by atoms with Crippen LogP contribution in [0.1, 0.15) is 36.5 Å². The van der Waals surface area contributed by atoms with Crippen molar-refractivity contribution < 1.29 is 4.79 Å². The molecule has 4 nitrogen and oxygen atoms in total. The molecule has 0 spiro atoms. The third-order valence-corrected chi connectivity index (χ3v) is 4.25. The first-order chi connectivity index (χ1) is 12.4. The fourth-order valence-electron chi connectivity index (χ4n) is 2.54. The van der Waals surface area contributed by atoms with Gasteiger partial charge < -0.3 is 10.6 Å². The van der Waals surface area contributed by atoms with E-state index in [1.165, 1.54) is 6.20 Å². The summed E-state index contributed by atoms with van der Waals surface area (Å²) in [4.78, 5) is 12.5. The van der Waals surface area contributed by atoms with Crippen molar-refractivity contribution in [1.29, 1.82) is 5.26 Å². The van der Waals surface area contributed by atoms with Crippen LogP contribution in [0, 0.1) is 18.3 Å². The number of anilines is 1. The van der Waals surface area contributed by atoms with E-state index in [1.54, 1.807) is 12.1 Å². The van der Waals surface area contributed by atoms with Gasteiger partial charge in [0.25, 0.3) is 5.91 Å². The summed E-state index contributed by atoms with van der Waals surface area (Å²) >= 11 is 5.86. The highest BCUT2D eigenvalue weighted by Gasteiger charge is 2.15. The van der Waals surface area contributed by atoms with Crippen LogP contribution in [0.25, 0.3) is 0 Å². The minimum atomic E-state index is -0.424. The van der Waals surface area contributed by atoms with Crippen molar-refractivity contribution in [3.05, 3.63) is 76.0 Å². The number of halogens is 1. The zero-order valence-electron chi connectivity index (χ0n) is 15.1. The van der Waals surface area contributed by atoms with Crippen LogP contribution < -0.4 is 10.6 Å². The predicted octanol–water partition coefficient (Wildman–Crippen LogP) is 4.91. The molecule has 2 N–H and O–H groups in total. The van der Waals surface area contributed by atoms with Gasteiger partial charge in [0, 0.05) is 23.5 Å². The average molecular weight is 368 g/mol. The Morgan fingerprint density at radius 1 is 1.23 bits per heavy atom. The van der Waals surface area contributed by atoms with Crippen molar-refractivity contribution in [3.8, 4) is 6.07 Å². The zero-order valence-corrected chi connectivity index (χ0v) is 15.9. The van der Waals surface area contributed by atoms with Crippen LogP contribution in [0.4, 0.5) is 5.69 Å². The SMILES string of the molecule is Cc1cccc(C(C)C)c1NC(=O)/C(C#N)=C\NCc1ccc(Cl)cc1. The van der Waals surface area contributed by atoms with Crippen LogP contribution in [-0.2, 0) is 11.3 Å². The Labute approximate surface area is 159 Å². The summed E-state index contributed by atoms with van der Waals surface area (Å²) in [5.74, 6) is -0.157. The van der Waals surface area contributed by atoms with E-state index in [1.807, 2.05) is 43.3 Å². The van der Waals surface area contributed by atoms with Gasteiger partial charge in [0.1, 0.15) is 11.6 Å². The highest BCUT2D eigenvalue weighted by atomic mass is 35.5. The Morgan fingerprint density at radius 3 is 2.54 bits per heavy atom. The lowest BCUT2D eigenvalue weighted by Crippen LogP contribution is -2.18. The molecule has 2 aromatic rings. The number of amides is 1. The van der Waals surface area contributed by atoms with E-state index >= 15 is 0 Å². The van der Waals surface area contributed by atoms with E-state index in [2.05, 4.69) is 24.5 Å². The number of benzene rings is 2. The normalized spacial score (nSPS) is 11.2. The van der Waals surface area contributed by atoms with E-state index < -0.39 is 5.91 Å². The summed E-state index contributed by atoms with van der Waals surface area (Å²) < 4.78 is 0. The van der Waals surface area contributed by atoms with Gasteiger partial charge in [-0.1, -0.05) is 55.8 Å². The summed E-state index contributed by atoms with van der Waals surface area (Å²) in [6.45, 7) is 6.57. The van der Waals surface area contributed by atoms with Crippen molar-refractivity contribution in [3.63, 3.8) is 0 Å². The van der Waals surface area contributed by atoms with E-state index in [0.29, 0.717) is 11.6 Å². The molecule has 0 saturated carbocycles. The van der Waals surface area contributed by atoms with Crippen LogP contribution in [0.15, 0.2) is 54.2 Å². The lowest BCUT2D eigenvalue weighted by molar-refractivity contribution is -0.112. The Kier molecular flexibility index (Phi) is 6.82. The van der Waals surface area contributed by atoms with Crippen LogP contribution in [0.2, 0.25) is 5.02 Å². The quantitative estimate of drug-likeness (QED) is 0.563. The van der Waals surface area contributed by atoms with Crippen LogP contribution in [0.5, 0.6) is 0 Å². The molecule has 0 aliphatic carbocycles. The number of nitriles is 1. The molecule has 134 valence electrons. The number of carbonyl (C=O) groups is 1. The zero-order chi connectivity index (χ0) is 19.1. The molecular weight excluding hydrogens is 346 g/mol. The predicted molar refractivity (Wildman–Crippen MR) is 106 cm³/mol. The first kappa shape index (κ1) is 19.6. The topological polar surface area (TPSA) is 64.9 Å². The number of nitrogens with one attached hydrogen (secondary N) is 2. The molecule has 0 aromatic heterocycles. The average Bonchev–Trinajstić information content (AvgIpc) is 2.61. The first-order valence-electron chi connectivity index (χ1n) is 8.41. The third kappa shape index (κ3) is 5.11. The van der Waals surface area contributed by atoms with Crippen molar-refractivity contribution in [1.82, 2.24) is 5.32 Å². The minimum absolute atomic E-state index is 0.0249. The largest absolute Gasteiger partial charge is 0.386 e. The standard InChI is InChI=1S/C21H22ClN3O/c1-14(2)19-6-4-5-15(3)20(19)25-21(26)17(11-23)13-24-12-16-7-9-18(22)10-8-16/h4-10,13-14,24H,12H2,1-3H3,(H,25,26)/b17-13-. The summed E-state index contributed by atoms with van der Waals surface area (Å²) in [7, 11) is 0. The van der Waals surface area contributed by atoms with Gasteiger partial charge in [-0.2, -0.15) is 5.26 Å². The second-order valence-corrected chi connectivity index (χ2v) is 6.76. The number of rotatable bonds is 6. The number of hydrogen-bond acceptors (Lipinski definition) is 3. The van der Waals surface area contributed by atoms with Gasteiger partial charge in [-0.05, 0) is 41.7 Å². The van der Waals surface area contributed by atoms with Gasteiger partial charge in [0.2, 0.25) is 0 Å². The third-order valence-electron chi connectivity index (χ3n) is 4.00. The van der Waals surface area contributed by atoms with Crippen molar-refractivity contribution in [2.24, 2.45) is 0 Å². The fraction of sp³-hybridized carbons (Fsp3) is 0.238. The maximum atomic E-state index is 12.5. The maximum Gasteiger partial charge on any atom is 0.267 e. The molecular formula is C21H22ClN3O. The Morgan fingerprint density at radius 2 is 1.92 bits per heavy atom. The van der Waals surface area contributed by atoms with Crippen LogP contribution >= 0.6 is 11.6 Å². The lowest BCUT2D eigenvalue weighted by atomic mass is 9.98. The molecule has 5 heteroatoms. The van der Waals surface area contributed by atoms with Gasteiger partial charge >= 0.3 is 0 Å². The number of para-hydroxylation sites is 1. The molecule has 26 heavy (non-hydrogen) atoms. The molecule has 0 heterocycles. The molecule has 0 saturated heterocycles. The number of aryl methyl sites for hydroxylation is 1. The molecule has 0 aliphatic rings. The minimum Gasteiger partial charge on any atom is -0.386 e. The van der Waals surface area contributed by atoms with Crippen molar-refractivity contribution in [2.75, 3.05) is 5.32 Å². The van der Waals surface area contributed by atoms with Gasteiger partial charge in [-0.15, -0.1) is 0 Å². The molecule has 2 rings (SSSR count). The van der Waals surface area contributed by atoms with Crippen molar-refractivity contribution in [2.45, 2.75) is 33.2 Å². The smallest absolute Gasteiger partial charge is 0.267 e. The number of carbonyl (C=O) groups excluding carboxylic acids is 1. The Bertz CT molecular complexity index is 849. The van der Waals surface area contributed by atoms with Crippen molar-refractivity contribution >= 4 is 23.2 Å². The number of nitrogens with zero attached hydrogens (tertiary/aromatic N) is 1. The number of hydrogen-bond donors (Lipinski definition) is 2. The van der Waals surface area contributed by atoms with E-state index in [9.17, 15) is 10.1 Å².